The minimum absolute atomic E-state index is 0.00439. The van der Waals surface area contributed by atoms with Crippen molar-refractivity contribution >= 4 is 11.6 Å². The lowest BCUT2D eigenvalue weighted by Crippen LogP contribution is -2.34. The molecule has 2 aromatic rings. The van der Waals surface area contributed by atoms with Crippen molar-refractivity contribution in [2.45, 2.75) is 12.6 Å². The van der Waals surface area contributed by atoms with Gasteiger partial charge in [0.05, 0.1) is 16.9 Å². The number of hydrogen-bond acceptors (Lipinski definition) is 5. The van der Waals surface area contributed by atoms with Crippen LogP contribution in [0.3, 0.4) is 0 Å². The number of nitrogens with zero attached hydrogens (tertiary/aromatic N) is 1. The Balaban J connectivity index is 1.67. The van der Waals surface area contributed by atoms with Gasteiger partial charge in [-0.3, -0.25) is 20.3 Å². The topological polar surface area (TPSA) is 96.3 Å². The van der Waals surface area contributed by atoms with Gasteiger partial charge in [0.2, 0.25) is 5.91 Å². The fourth-order valence-electron chi connectivity index (χ4n) is 2.82. The molecular formula is C17H17FN4O3. The Morgan fingerprint density at radius 1 is 1.24 bits per heavy atom. The molecule has 0 aliphatic carbocycles. The third kappa shape index (κ3) is 3.81. The first-order chi connectivity index (χ1) is 12.1. The van der Waals surface area contributed by atoms with Crippen LogP contribution in [0.15, 0.2) is 48.5 Å². The lowest BCUT2D eigenvalue weighted by Gasteiger charge is -2.18. The van der Waals surface area contributed by atoms with E-state index in [1.807, 2.05) is 0 Å². The van der Waals surface area contributed by atoms with Crippen LogP contribution in [0.25, 0.3) is 0 Å². The van der Waals surface area contributed by atoms with Crippen molar-refractivity contribution in [3.05, 3.63) is 75.6 Å². The van der Waals surface area contributed by atoms with Gasteiger partial charge in [-0.2, -0.15) is 0 Å². The first kappa shape index (κ1) is 17.0. The average Bonchev–Trinajstić information content (AvgIpc) is 3.10. The Labute approximate surface area is 143 Å². The third-order valence-electron chi connectivity index (χ3n) is 4.19. The summed E-state index contributed by atoms with van der Waals surface area (Å²) in [7, 11) is 0. The largest absolute Gasteiger partial charge is 0.352 e. The molecule has 1 aliphatic heterocycles. The van der Waals surface area contributed by atoms with E-state index in [0.717, 1.165) is 5.56 Å². The Hall–Kier alpha value is -2.84. The molecule has 0 saturated carbocycles. The zero-order valence-corrected chi connectivity index (χ0v) is 13.2. The van der Waals surface area contributed by atoms with E-state index in [9.17, 15) is 19.3 Å². The van der Waals surface area contributed by atoms with Crippen LogP contribution in [-0.2, 0) is 11.3 Å². The molecule has 1 saturated heterocycles. The molecule has 0 bridgehead atoms. The summed E-state index contributed by atoms with van der Waals surface area (Å²) in [5, 5.41) is 13.5. The van der Waals surface area contributed by atoms with Gasteiger partial charge in [0.25, 0.3) is 5.69 Å². The highest BCUT2D eigenvalue weighted by atomic mass is 19.1. The first-order valence-corrected chi connectivity index (χ1v) is 7.80. The van der Waals surface area contributed by atoms with Crippen molar-refractivity contribution in [3.63, 3.8) is 0 Å². The number of carbonyl (C=O) groups excluding carboxylic acids is 1. The Morgan fingerprint density at radius 3 is 2.64 bits per heavy atom. The highest BCUT2D eigenvalue weighted by Crippen LogP contribution is 2.26. The summed E-state index contributed by atoms with van der Waals surface area (Å²) < 4.78 is 13.6. The number of carbonyl (C=O) groups is 1. The highest BCUT2D eigenvalue weighted by molar-refractivity contribution is 5.80. The van der Waals surface area contributed by atoms with Crippen molar-refractivity contribution in [2.24, 2.45) is 5.92 Å². The van der Waals surface area contributed by atoms with Crippen molar-refractivity contribution in [1.82, 2.24) is 16.2 Å². The van der Waals surface area contributed by atoms with Gasteiger partial charge >= 0.3 is 0 Å². The van der Waals surface area contributed by atoms with Gasteiger partial charge in [-0.1, -0.05) is 30.3 Å². The molecule has 1 heterocycles. The summed E-state index contributed by atoms with van der Waals surface area (Å²) in [5.74, 6) is -0.991. The van der Waals surface area contributed by atoms with Crippen molar-refractivity contribution in [1.29, 1.82) is 0 Å². The molecule has 2 aromatic carbocycles. The van der Waals surface area contributed by atoms with E-state index in [2.05, 4.69) is 16.2 Å². The van der Waals surface area contributed by atoms with E-state index >= 15 is 0 Å². The van der Waals surface area contributed by atoms with Gasteiger partial charge in [0.15, 0.2) is 0 Å². The van der Waals surface area contributed by atoms with E-state index in [1.165, 1.54) is 18.2 Å². The van der Waals surface area contributed by atoms with Crippen LogP contribution in [0, 0.1) is 21.8 Å². The molecule has 0 aromatic heterocycles. The standard InChI is InChI=1S/C17H17FN4O3/c18-15-4-2-1-3-12(15)9-19-17(23)14-10-20-21-16(14)11-5-7-13(8-6-11)22(24)25/h1-8,14,16,20-21H,9-10H2,(H,19,23). The van der Waals surface area contributed by atoms with Crippen LogP contribution in [0.1, 0.15) is 17.2 Å². The van der Waals surface area contributed by atoms with Gasteiger partial charge in [-0.25, -0.2) is 9.82 Å². The molecule has 3 rings (SSSR count). The minimum Gasteiger partial charge on any atom is -0.352 e. The van der Waals surface area contributed by atoms with E-state index in [0.29, 0.717) is 12.1 Å². The maximum atomic E-state index is 13.6. The summed E-state index contributed by atoms with van der Waals surface area (Å²) in [5.41, 5.74) is 7.12. The van der Waals surface area contributed by atoms with Gasteiger partial charge in [0.1, 0.15) is 5.82 Å². The van der Waals surface area contributed by atoms with E-state index in [1.54, 1.807) is 30.3 Å². The number of hydrogen-bond donors (Lipinski definition) is 3. The Kier molecular flexibility index (Phi) is 5.01. The van der Waals surface area contributed by atoms with Gasteiger partial charge in [0, 0.05) is 30.8 Å². The Bertz CT molecular complexity index is 782. The number of benzene rings is 2. The van der Waals surface area contributed by atoms with E-state index in [-0.39, 0.29) is 30.0 Å². The highest BCUT2D eigenvalue weighted by Gasteiger charge is 2.34. The van der Waals surface area contributed by atoms with Crippen LogP contribution in [0.4, 0.5) is 10.1 Å². The van der Waals surface area contributed by atoms with Crippen LogP contribution in [0.2, 0.25) is 0 Å². The first-order valence-electron chi connectivity index (χ1n) is 7.80. The molecule has 0 radical (unpaired) electrons. The van der Waals surface area contributed by atoms with Crippen molar-refractivity contribution in [2.75, 3.05) is 6.54 Å². The Morgan fingerprint density at radius 2 is 1.96 bits per heavy atom. The van der Waals surface area contributed by atoms with Gasteiger partial charge in [-0.05, 0) is 11.6 Å². The zero-order chi connectivity index (χ0) is 17.8. The smallest absolute Gasteiger partial charge is 0.269 e. The third-order valence-corrected chi connectivity index (χ3v) is 4.19. The minimum atomic E-state index is -0.470. The molecule has 130 valence electrons. The van der Waals surface area contributed by atoms with E-state index in [4.69, 9.17) is 0 Å². The number of rotatable bonds is 5. The molecular weight excluding hydrogens is 327 g/mol. The fraction of sp³-hybridized carbons (Fsp3) is 0.235. The summed E-state index contributed by atoms with van der Waals surface area (Å²) in [6, 6.07) is 12.0. The molecule has 3 N–H and O–H groups in total. The molecule has 0 spiro atoms. The lowest BCUT2D eigenvalue weighted by molar-refractivity contribution is -0.384. The molecule has 25 heavy (non-hydrogen) atoms. The number of nitro groups is 1. The maximum absolute atomic E-state index is 13.6. The fourth-order valence-corrected chi connectivity index (χ4v) is 2.82. The van der Waals surface area contributed by atoms with Crippen molar-refractivity contribution < 1.29 is 14.1 Å². The van der Waals surface area contributed by atoms with Crippen LogP contribution < -0.4 is 16.2 Å². The summed E-state index contributed by atoms with van der Waals surface area (Å²) in [6.45, 7) is 0.514. The normalized spacial score (nSPS) is 19.6. The number of nitrogens with one attached hydrogen (secondary N) is 3. The molecule has 2 unspecified atom stereocenters. The quantitative estimate of drug-likeness (QED) is 0.568. The molecule has 1 fully saturated rings. The van der Waals surface area contributed by atoms with Crippen LogP contribution >= 0.6 is 0 Å². The second-order valence-electron chi connectivity index (χ2n) is 5.77. The number of halogens is 1. The second-order valence-corrected chi connectivity index (χ2v) is 5.77. The average molecular weight is 344 g/mol. The summed E-state index contributed by atoms with van der Waals surface area (Å²) in [4.78, 5) is 22.7. The predicted molar refractivity (Wildman–Crippen MR) is 88.7 cm³/mol. The molecule has 1 amide bonds. The van der Waals surface area contributed by atoms with Gasteiger partial charge < -0.3 is 5.32 Å². The zero-order valence-electron chi connectivity index (χ0n) is 13.2. The SMILES string of the molecule is O=C(NCc1ccccc1F)C1CNNC1c1ccc([N+](=O)[O-])cc1. The number of amides is 1. The van der Waals surface area contributed by atoms with E-state index < -0.39 is 10.8 Å². The van der Waals surface area contributed by atoms with Crippen LogP contribution in [-0.4, -0.2) is 17.4 Å². The second kappa shape index (κ2) is 7.37. The van der Waals surface area contributed by atoms with Gasteiger partial charge in [-0.15, -0.1) is 0 Å². The molecule has 7 nitrogen and oxygen atoms in total. The lowest BCUT2D eigenvalue weighted by atomic mass is 9.94. The molecule has 1 aliphatic rings. The summed E-state index contributed by atoms with van der Waals surface area (Å²) >= 11 is 0. The number of non-ortho nitro benzene ring substituents is 1. The predicted octanol–water partition coefficient (Wildman–Crippen LogP) is 1.82. The number of hydrazine groups is 1. The van der Waals surface area contributed by atoms with Crippen LogP contribution in [0.5, 0.6) is 0 Å². The molecule has 8 heteroatoms. The monoisotopic (exact) mass is 344 g/mol. The molecule has 2 atom stereocenters. The maximum Gasteiger partial charge on any atom is 0.269 e. The summed E-state index contributed by atoms with van der Waals surface area (Å²) in [6.07, 6.45) is 0. The number of nitro benzene ring substituents is 1. The van der Waals surface area contributed by atoms with Crippen molar-refractivity contribution in [3.8, 4) is 0 Å².